The lowest BCUT2D eigenvalue weighted by Gasteiger charge is -2.16. The Morgan fingerprint density at radius 1 is 1.15 bits per heavy atom. The van der Waals surface area contributed by atoms with Crippen LogP contribution in [0.1, 0.15) is 37.0 Å². The largest absolute Gasteiger partial charge is 0.494 e. The number of ether oxygens (including phenoxy) is 2. The topological polar surface area (TPSA) is 90.2 Å². The maximum absolute atomic E-state index is 13.0. The van der Waals surface area contributed by atoms with Gasteiger partial charge in [0.2, 0.25) is 10.0 Å². The minimum Gasteiger partial charge on any atom is -0.494 e. The van der Waals surface area contributed by atoms with Crippen LogP contribution in [0, 0.1) is 0 Å². The number of sulfonamides is 1. The molecule has 0 aliphatic heterocycles. The molecule has 8 nitrogen and oxygen atoms in total. The first-order valence-electron chi connectivity index (χ1n) is 11.4. The number of thiazole rings is 1. The third-order valence-electron chi connectivity index (χ3n) is 5.67. The van der Waals surface area contributed by atoms with Gasteiger partial charge in [0, 0.05) is 31.8 Å². The van der Waals surface area contributed by atoms with Gasteiger partial charge >= 0.3 is 0 Å². The minimum absolute atomic E-state index is 0.0737. The second-order valence-corrected chi connectivity index (χ2v) is 11.0. The molecule has 0 bridgehead atoms. The van der Waals surface area contributed by atoms with Gasteiger partial charge in [-0.1, -0.05) is 11.3 Å². The molecular formula is C24H29N3O5S2. The smallest absolute Gasteiger partial charge is 0.279 e. The molecule has 3 aromatic rings. The number of amides is 1. The van der Waals surface area contributed by atoms with Crippen molar-refractivity contribution in [1.82, 2.24) is 8.87 Å². The fourth-order valence-corrected chi connectivity index (χ4v) is 6.13. The number of rotatable bonds is 10. The van der Waals surface area contributed by atoms with Gasteiger partial charge in [-0.05, 0) is 69.2 Å². The monoisotopic (exact) mass is 503 g/mol. The zero-order valence-corrected chi connectivity index (χ0v) is 21.2. The van der Waals surface area contributed by atoms with E-state index in [0.29, 0.717) is 36.7 Å². The quantitative estimate of drug-likeness (QED) is 0.394. The summed E-state index contributed by atoms with van der Waals surface area (Å²) in [6, 6.07) is 11.9. The Morgan fingerprint density at radius 3 is 2.53 bits per heavy atom. The van der Waals surface area contributed by atoms with Crippen LogP contribution in [0.5, 0.6) is 5.75 Å². The van der Waals surface area contributed by atoms with Gasteiger partial charge in [-0.2, -0.15) is 9.30 Å². The second-order valence-electron chi connectivity index (χ2n) is 7.99. The lowest BCUT2D eigenvalue weighted by molar-refractivity contribution is 0.0996. The fourth-order valence-electron chi connectivity index (χ4n) is 3.63. The van der Waals surface area contributed by atoms with Gasteiger partial charge in [-0.25, -0.2) is 8.42 Å². The Kier molecular flexibility index (Phi) is 7.51. The summed E-state index contributed by atoms with van der Waals surface area (Å²) < 4.78 is 40.9. The van der Waals surface area contributed by atoms with E-state index in [4.69, 9.17) is 9.47 Å². The van der Waals surface area contributed by atoms with E-state index in [2.05, 4.69) is 4.99 Å². The highest BCUT2D eigenvalue weighted by Gasteiger charge is 2.35. The molecule has 1 aliphatic carbocycles. The van der Waals surface area contributed by atoms with Gasteiger partial charge in [-0.3, -0.25) is 4.79 Å². The van der Waals surface area contributed by atoms with Crippen molar-refractivity contribution in [3.63, 3.8) is 0 Å². The van der Waals surface area contributed by atoms with Crippen molar-refractivity contribution in [3.8, 4) is 5.75 Å². The summed E-state index contributed by atoms with van der Waals surface area (Å²) in [4.78, 5) is 18.1. The fraction of sp³-hybridized carbons (Fsp3) is 0.417. The average molecular weight is 504 g/mol. The molecule has 10 heteroatoms. The van der Waals surface area contributed by atoms with E-state index >= 15 is 0 Å². The van der Waals surface area contributed by atoms with Gasteiger partial charge in [0.1, 0.15) is 5.75 Å². The molecule has 0 atom stereocenters. The van der Waals surface area contributed by atoms with Crippen molar-refractivity contribution in [2.75, 3.05) is 26.9 Å². The highest BCUT2D eigenvalue weighted by atomic mass is 32.2. The molecule has 2 aromatic carbocycles. The van der Waals surface area contributed by atoms with Crippen LogP contribution in [0.15, 0.2) is 52.4 Å². The summed E-state index contributed by atoms with van der Waals surface area (Å²) in [6.45, 7) is 6.09. The van der Waals surface area contributed by atoms with Crippen molar-refractivity contribution >= 4 is 37.5 Å². The van der Waals surface area contributed by atoms with E-state index in [9.17, 15) is 13.2 Å². The number of hydrogen-bond donors (Lipinski definition) is 0. The van der Waals surface area contributed by atoms with Crippen LogP contribution in [-0.4, -0.2) is 56.1 Å². The van der Waals surface area contributed by atoms with Gasteiger partial charge in [0.25, 0.3) is 5.91 Å². The highest BCUT2D eigenvalue weighted by Crippen LogP contribution is 2.30. The summed E-state index contributed by atoms with van der Waals surface area (Å²) >= 11 is 1.40. The van der Waals surface area contributed by atoms with Gasteiger partial charge < -0.3 is 14.0 Å². The van der Waals surface area contributed by atoms with E-state index in [1.165, 1.54) is 39.9 Å². The van der Waals surface area contributed by atoms with E-state index in [1.54, 1.807) is 7.05 Å². The molecule has 1 aliphatic rings. The summed E-state index contributed by atoms with van der Waals surface area (Å²) in [6.07, 6.45) is 1.77. The molecule has 0 spiro atoms. The highest BCUT2D eigenvalue weighted by molar-refractivity contribution is 7.89. The first-order chi connectivity index (χ1) is 16.3. The summed E-state index contributed by atoms with van der Waals surface area (Å²) in [5.41, 5.74) is 1.28. The van der Waals surface area contributed by atoms with Crippen molar-refractivity contribution in [2.24, 2.45) is 4.99 Å². The third kappa shape index (κ3) is 5.25. The Hall–Kier alpha value is -2.53. The predicted molar refractivity (Wildman–Crippen MR) is 132 cm³/mol. The first kappa shape index (κ1) is 24.6. The molecule has 1 amide bonds. The minimum atomic E-state index is -3.56. The third-order valence-corrected chi connectivity index (χ3v) is 8.63. The molecular weight excluding hydrogens is 474 g/mol. The van der Waals surface area contributed by atoms with Gasteiger partial charge in [0.15, 0.2) is 4.80 Å². The van der Waals surface area contributed by atoms with Crippen LogP contribution in [0.2, 0.25) is 0 Å². The van der Waals surface area contributed by atoms with Crippen LogP contribution in [-0.2, 0) is 21.3 Å². The molecule has 0 saturated heterocycles. The van der Waals surface area contributed by atoms with Crippen LogP contribution in [0.25, 0.3) is 10.2 Å². The molecule has 1 heterocycles. The molecule has 1 fully saturated rings. The number of carbonyl (C=O) groups is 1. The van der Waals surface area contributed by atoms with E-state index in [0.717, 1.165) is 28.8 Å². The number of fused-ring (bicyclic) bond motifs is 1. The second kappa shape index (κ2) is 10.4. The zero-order chi connectivity index (χ0) is 24.3. The normalized spacial score (nSPS) is 14.8. The van der Waals surface area contributed by atoms with Crippen molar-refractivity contribution in [2.45, 2.75) is 44.2 Å². The summed E-state index contributed by atoms with van der Waals surface area (Å²) in [7, 11) is -1.96. The van der Waals surface area contributed by atoms with Gasteiger partial charge in [0.05, 0.1) is 28.3 Å². The number of aromatic nitrogens is 1. The van der Waals surface area contributed by atoms with E-state index in [-0.39, 0.29) is 10.9 Å². The summed E-state index contributed by atoms with van der Waals surface area (Å²) in [5, 5.41) is 0. The van der Waals surface area contributed by atoms with Crippen LogP contribution in [0.4, 0.5) is 0 Å². The molecule has 182 valence electrons. The molecule has 4 rings (SSSR count). The maximum Gasteiger partial charge on any atom is 0.279 e. The Morgan fingerprint density at radius 2 is 1.88 bits per heavy atom. The Balaban J connectivity index is 1.65. The zero-order valence-electron chi connectivity index (χ0n) is 19.6. The van der Waals surface area contributed by atoms with Crippen molar-refractivity contribution in [3.05, 3.63) is 52.8 Å². The average Bonchev–Trinajstić information content (AvgIpc) is 3.62. The molecule has 1 saturated carbocycles. The molecule has 0 N–H and O–H groups in total. The van der Waals surface area contributed by atoms with Crippen molar-refractivity contribution < 1.29 is 22.7 Å². The van der Waals surface area contributed by atoms with Gasteiger partial charge in [-0.15, -0.1) is 0 Å². The molecule has 1 aromatic heterocycles. The summed E-state index contributed by atoms with van der Waals surface area (Å²) in [5.74, 6) is 0.334. The first-order valence-corrected chi connectivity index (χ1v) is 13.6. The number of nitrogens with zero attached hydrogens (tertiary/aromatic N) is 3. The van der Waals surface area contributed by atoms with E-state index in [1.807, 2.05) is 36.6 Å². The predicted octanol–water partition coefficient (Wildman–Crippen LogP) is 3.66. The Bertz CT molecular complexity index is 1340. The standard InChI is InChI=1S/C24H29N3O5S2/c1-4-31-15-14-27-21-13-10-19(32-5-2)16-22(21)33-24(27)25-23(28)17-6-11-20(12-7-17)34(29,30)26(3)18-8-9-18/h6-7,10-13,16,18H,4-5,8-9,14-15H2,1-3H3. The molecule has 34 heavy (non-hydrogen) atoms. The van der Waals surface area contributed by atoms with Crippen LogP contribution < -0.4 is 9.54 Å². The molecule has 0 radical (unpaired) electrons. The van der Waals surface area contributed by atoms with Crippen LogP contribution in [0.3, 0.4) is 0 Å². The number of carbonyl (C=O) groups excluding carboxylic acids is 1. The SMILES string of the molecule is CCOCCn1c(=NC(=O)c2ccc(S(=O)(=O)N(C)C3CC3)cc2)sc2cc(OCC)ccc21. The maximum atomic E-state index is 13.0. The lowest BCUT2D eigenvalue weighted by Crippen LogP contribution is -2.28. The Labute approximate surface area is 203 Å². The van der Waals surface area contributed by atoms with E-state index < -0.39 is 15.9 Å². The van der Waals surface area contributed by atoms with Crippen molar-refractivity contribution in [1.29, 1.82) is 0 Å². The number of benzene rings is 2. The molecule has 0 unspecified atom stereocenters. The van der Waals surface area contributed by atoms with Crippen LogP contribution >= 0.6 is 11.3 Å². The number of hydrogen-bond acceptors (Lipinski definition) is 6. The lowest BCUT2D eigenvalue weighted by atomic mass is 10.2.